The Morgan fingerprint density at radius 2 is 1.20 bits per heavy atom. The fraction of sp³-hybridized carbons (Fsp3) is 1.00. The molecule has 0 aromatic carbocycles. The van der Waals surface area contributed by atoms with Gasteiger partial charge in [0, 0.05) is 4.57 Å². The molecule has 0 heterocycles. The van der Waals surface area contributed by atoms with Gasteiger partial charge in [-0.1, -0.05) is 26.7 Å². The monoisotopic (exact) mass is 211 g/mol. The van der Waals surface area contributed by atoms with Crippen molar-refractivity contribution in [3.8, 4) is 0 Å². The summed E-state index contributed by atoms with van der Waals surface area (Å²) in [5, 5.41) is 0. The van der Waals surface area contributed by atoms with Crippen molar-refractivity contribution in [1.82, 2.24) is 0 Å². The first-order valence-corrected chi connectivity index (χ1v) is 3.66. The Morgan fingerprint density at radius 3 is 1.20 bits per heavy atom. The molecule has 0 saturated carbocycles. The average Bonchev–Trinajstić information content (AvgIpc) is 1.65. The summed E-state index contributed by atoms with van der Waals surface area (Å²) in [5.41, 5.74) is 0. The van der Waals surface area contributed by atoms with E-state index in [-0.39, 0.29) is 24.8 Å². The number of rotatable bonds is 1. The van der Waals surface area contributed by atoms with Crippen LogP contribution in [0.25, 0.3) is 0 Å². The van der Waals surface area contributed by atoms with Crippen molar-refractivity contribution in [2.75, 3.05) is 0 Å². The van der Waals surface area contributed by atoms with Crippen molar-refractivity contribution in [1.29, 1.82) is 0 Å². The molecule has 0 aliphatic carbocycles. The molecule has 0 radical (unpaired) electrons. The van der Waals surface area contributed by atoms with Gasteiger partial charge in [0.05, 0.1) is 0 Å². The number of hydrogen-bond donors (Lipinski definition) is 2. The quantitative estimate of drug-likeness (QED) is 0.655. The maximum Gasteiger partial charge on any atom is 0.692 e. The second-order valence-electron chi connectivity index (χ2n) is 1.25. The van der Waals surface area contributed by atoms with Crippen LogP contribution < -0.4 is 0 Å². The summed E-state index contributed by atoms with van der Waals surface area (Å²) in [6, 6.07) is 0. The predicted molar refractivity (Wildman–Crippen MR) is 47.1 cm³/mol. The smallest absolute Gasteiger partial charge is 0.147 e. The van der Waals surface area contributed by atoms with E-state index in [0.717, 1.165) is 0 Å². The van der Waals surface area contributed by atoms with E-state index in [1.807, 2.05) is 0 Å². The lowest BCUT2D eigenvalue weighted by Crippen LogP contribution is -1.47. The highest BCUT2D eigenvalue weighted by molar-refractivity contribution is 7.30. The lowest BCUT2D eigenvalue weighted by Gasteiger charge is -1.68. The van der Waals surface area contributed by atoms with Gasteiger partial charge in [-0.3, -0.25) is 0 Å². The van der Waals surface area contributed by atoms with Crippen LogP contribution in [-0.4, -0.2) is 9.79 Å². The standard InChI is InChI=1S/C4H10.2ClH.HO3P/c1-3-4-2;;;1-4(2)3/h3-4H2,1-2H3;2*1H;(H-,1,2,3)/p+1. The van der Waals surface area contributed by atoms with Crippen LogP contribution in [0.5, 0.6) is 0 Å². The van der Waals surface area contributed by atoms with E-state index in [0.29, 0.717) is 0 Å². The minimum atomic E-state index is -2.87. The topological polar surface area (TPSA) is 57.5 Å². The molecule has 3 nitrogen and oxygen atoms in total. The molecule has 0 unspecified atom stereocenters. The number of halogens is 2. The van der Waals surface area contributed by atoms with E-state index in [9.17, 15) is 0 Å². The third-order valence-electron chi connectivity index (χ3n) is 0.500. The summed E-state index contributed by atoms with van der Waals surface area (Å²) in [5.74, 6) is 0. The number of hydrogen-bond acceptors (Lipinski definition) is 1. The van der Waals surface area contributed by atoms with E-state index in [1.54, 1.807) is 0 Å². The first-order valence-electron chi connectivity index (χ1n) is 2.50. The van der Waals surface area contributed by atoms with Gasteiger partial charge in [-0.05, 0) is 0 Å². The second kappa shape index (κ2) is 22.6. The minimum absolute atomic E-state index is 0. The Labute approximate surface area is 74.6 Å². The molecule has 10 heavy (non-hydrogen) atoms. The van der Waals surface area contributed by atoms with Gasteiger partial charge < -0.3 is 0 Å². The maximum atomic E-state index is 8.70. The lowest BCUT2D eigenvalue weighted by atomic mass is 10.4. The zero-order chi connectivity index (χ0) is 6.99. The van der Waals surface area contributed by atoms with Gasteiger partial charge in [0.15, 0.2) is 0 Å². The van der Waals surface area contributed by atoms with Crippen LogP contribution in [0.1, 0.15) is 26.7 Å². The molecular weight excluding hydrogens is 198 g/mol. The van der Waals surface area contributed by atoms with Crippen LogP contribution in [0.2, 0.25) is 0 Å². The van der Waals surface area contributed by atoms with Crippen LogP contribution in [0.15, 0.2) is 0 Å². The first-order chi connectivity index (χ1) is 3.65. The van der Waals surface area contributed by atoms with Gasteiger partial charge >= 0.3 is 8.25 Å². The molecule has 6 heteroatoms. The molecule has 0 aliphatic heterocycles. The average molecular weight is 212 g/mol. The van der Waals surface area contributed by atoms with E-state index in [2.05, 4.69) is 13.8 Å². The maximum absolute atomic E-state index is 8.70. The molecule has 66 valence electrons. The molecule has 0 aliphatic rings. The lowest BCUT2D eigenvalue weighted by molar-refractivity contribution is 0.405. The molecule has 0 fully saturated rings. The normalized spacial score (nSPS) is 5.60. The zero-order valence-electron chi connectivity index (χ0n) is 5.98. The fourth-order valence-corrected chi connectivity index (χ4v) is 0. The highest BCUT2D eigenvalue weighted by Crippen LogP contribution is 1.98. The van der Waals surface area contributed by atoms with Gasteiger partial charge in [-0.25, -0.2) is 0 Å². The van der Waals surface area contributed by atoms with Gasteiger partial charge in [-0.15, -0.1) is 34.6 Å². The van der Waals surface area contributed by atoms with Crippen molar-refractivity contribution in [2.24, 2.45) is 0 Å². The Balaban J connectivity index is -0.0000000300. The second-order valence-corrected chi connectivity index (χ2v) is 1.76. The van der Waals surface area contributed by atoms with Gasteiger partial charge in [0.2, 0.25) is 0 Å². The van der Waals surface area contributed by atoms with Crippen LogP contribution >= 0.6 is 33.1 Å². The van der Waals surface area contributed by atoms with E-state index in [4.69, 9.17) is 14.4 Å². The third-order valence-corrected chi connectivity index (χ3v) is 0.500. The summed E-state index contributed by atoms with van der Waals surface area (Å²) in [4.78, 5) is 14.2. The molecule has 2 N–H and O–H groups in total. The van der Waals surface area contributed by atoms with Crippen molar-refractivity contribution in [3.63, 3.8) is 0 Å². The van der Waals surface area contributed by atoms with Crippen LogP contribution in [0.3, 0.4) is 0 Å². The zero-order valence-corrected chi connectivity index (χ0v) is 8.51. The van der Waals surface area contributed by atoms with E-state index >= 15 is 0 Å². The third kappa shape index (κ3) is 194. The molecule has 0 saturated heterocycles. The van der Waals surface area contributed by atoms with Gasteiger partial charge in [0.25, 0.3) is 0 Å². The van der Waals surface area contributed by atoms with Gasteiger partial charge in [-0.2, -0.15) is 0 Å². The van der Waals surface area contributed by atoms with Gasteiger partial charge in [0.1, 0.15) is 0 Å². The van der Waals surface area contributed by atoms with Crippen molar-refractivity contribution in [2.45, 2.75) is 26.7 Å². The van der Waals surface area contributed by atoms with E-state index in [1.165, 1.54) is 12.8 Å². The van der Waals surface area contributed by atoms with Crippen LogP contribution in [0, 0.1) is 0 Å². The molecule has 0 amide bonds. The highest BCUT2D eigenvalue weighted by atomic mass is 35.5. The summed E-state index contributed by atoms with van der Waals surface area (Å²) in [7, 11) is -2.87. The summed E-state index contributed by atoms with van der Waals surface area (Å²) >= 11 is 0. The van der Waals surface area contributed by atoms with Crippen LogP contribution in [0.4, 0.5) is 0 Å². The number of unbranched alkanes of at least 4 members (excludes halogenated alkanes) is 1. The molecule has 0 bridgehead atoms. The molecule has 0 atom stereocenters. The summed E-state index contributed by atoms with van der Waals surface area (Å²) in [6.07, 6.45) is 2.64. The molecule has 0 aromatic rings. The van der Waals surface area contributed by atoms with Crippen molar-refractivity contribution < 1.29 is 14.4 Å². The highest BCUT2D eigenvalue weighted by Gasteiger charge is 1.93. The predicted octanol–water partition coefficient (Wildman–Crippen LogP) is 2.28. The Morgan fingerprint density at radius 1 is 1.10 bits per heavy atom. The first kappa shape index (κ1) is 22.4. The molecule has 0 rings (SSSR count). The summed E-state index contributed by atoms with van der Waals surface area (Å²) < 4.78 is 8.70. The fourth-order valence-electron chi connectivity index (χ4n) is 0. The van der Waals surface area contributed by atoms with Crippen molar-refractivity contribution >= 4 is 33.1 Å². The minimum Gasteiger partial charge on any atom is -0.147 e. The Bertz CT molecular complexity index is 56.5. The van der Waals surface area contributed by atoms with Crippen LogP contribution in [-0.2, 0) is 4.57 Å². The molecular formula is C4H14Cl2O3P+. The van der Waals surface area contributed by atoms with E-state index < -0.39 is 8.25 Å². The largest absolute Gasteiger partial charge is 0.692 e. The molecule has 0 aromatic heterocycles. The van der Waals surface area contributed by atoms with Crippen molar-refractivity contribution in [3.05, 3.63) is 0 Å². The molecule has 0 spiro atoms. The Kier molecular flexibility index (Phi) is 50.8. The summed E-state index contributed by atoms with van der Waals surface area (Å²) in [6.45, 7) is 4.36. The Hall–Kier alpha value is 0.600. The SMILES string of the molecule is CCCC.Cl.Cl.O=[P+](O)O.